The van der Waals surface area contributed by atoms with E-state index in [0.717, 1.165) is 23.3 Å². The summed E-state index contributed by atoms with van der Waals surface area (Å²) in [5, 5.41) is 0. The standard InChI is InChI=1S/C9H13ClN2O2S2/c1-6-4-8(15-9(6)10)16(13,14)12-3-2-7(11)5-12/h4,7H,2-3,5,11H2,1H3/t7-/m1/s1. The minimum atomic E-state index is -3.39. The number of hydrogen-bond acceptors (Lipinski definition) is 4. The van der Waals surface area contributed by atoms with Gasteiger partial charge in [-0.15, -0.1) is 11.3 Å². The number of sulfonamides is 1. The van der Waals surface area contributed by atoms with Gasteiger partial charge >= 0.3 is 0 Å². The highest BCUT2D eigenvalue weighted by molar-refractivity contribution is 7.91. The number of nitrogens with zero attached hydrogens (tertiary/aromatic N) is 1. The molecule has 0 aliphatic carbocycles. The molecule has 1 aromatic rings. The molecule has 0 amide bonds. The fourth-order valence-electron chi connectivity index (χ4n) is 1.66. The summed E-state index contributed by atoms with van der Waals surface area (Å²) < 4.78 is 26.6. The predicted octanol–water partition coefficient (Wildman–Crippen LogP) is 1.43. The molecule has 4 nitrogen and oxygen atoms in total. The third-order valence-electron chi connectivity index (χ3n) is 2.62. The summed E-state index contributed by atoms with van der Waals surface area (Å²) in [7, 11) is -3.39. The van der Waals surface area contributed by atoms with Crippen molar-refractivity contribution in [3.63, 3.8) is 0 Å². The third kappa shape index (κ3) is 2.12. The average Bonchev–Trinajstić information content (AvgIpc) is 2.75. The lowest BCUT2D eigenvalue weighted by Crippen LogP contribution is -2.31. The Labute approximate surface area is 104 Å². The molecule has 0 spiro atoms. The van der Waals surface area contributed by atoms with Crippen molar-refractivity contribution in [2.24, 2.45) is 5.73 Å². The van der Waals surface area contributed by atoms with Crippen molar-refractivity contribution in [1.82, 2.24) is 4.31 Å². The number of thiophene rings is 1. The van der Waals surface area contributed by atoms with E-state index in [1.807, 2.05) is 0 Å². The predicted molar refractivity (Wildman–Crippen MR) is 65.4 cm³/mol. The first kappa shape index (κ1) is 12.3. The molecule has 0 aromatic carbocycles. The topological polar surface area (TPSA) is 63.4 Å². The van der Waals surface area contributed by atoms with Crippen molar-refractivity contribution < 1.29 is 8.42 Å². The summed E-state index contributed by atoms with van der Waals surface area (Å²) in [6, 6.07) is 1.57. The zero-order valence-electron chi connectivity index (χ0n) is 8.81. The second kappa shape index (κ2) is 4.27. The van der Waals surface area contributed by atoms with E-state index < -0.39 is 10.0 Å². The molecular formula is C9H13ClN2O2S2. The highest BCUT2D eigenvalue weighted by atomic mass is 35.5. The van der Waals surface area contributed by atoms with Gasteiger partial charge in [0.05, 0.1) is 4.34 Å². The minimum Gasteiger partial charge on any atom is -0.326 e. The van der Waals surface area contributed by atoms with Crippen LogP contribution < -0.4 is 5.73 Å². The maximum Gasteiger partial charge on any atom is 0.252 e. The van der Waals surface area contributed by atoms with Crippen LogP contribution >= 0.6 is 22.9 Å². The molecule has 1 aromatic heterocycles. The van der Waals surface area contributed by atoms with Gasteiger partial charge in [0.2, 0.25) is 0 Å². The normalized spacial score (nSPS) is 22.8. The molecule has 0 unspecified atom stereocenters. The van der Waals surface area contributed by atoms with Crippen molar-refractivity contribution in [3.8, 4) is 0 Å². The molecule has 1 saturated heterocycles. The van der Waals surface area contributed by atoms with Gasteiger partial charge in [-0.2, -0.15) is 4.31 Å². The lowest BCUT2D eigenvalue weighted by molar-refractivity contribution is 0.474. The average molecular weight is 281 g/mol. The van der Waals surface area contributed by atoms with Crippen LogP contribution in [0.4, 0.5) is 0 Å². The first-order valence-electron chi connectivity index (χ1n) is 4.93. The van der Waals surface area contributed by atoms with Gasteiger partial charge < -0.3 is 5.73 Å². The van der Waals surface area contributed by atoms with Crippen LogP contribution in [0.25, 0.3) is 0 Å². The number of aryl methyl sites for hydroxylation is 1. The van der Waals surface area contributed by atoms with Crippen LogP contribution in [0, 0.1) is 6.92 Å². The van der Waals surface area contributed by atoms with E-state index in [-0.39, 0.29) is 6.04 Å². The first-order valence-corrected chi connectivity index (χ1v) is 7.56. The largest absolute Gasteiger partial charge is 0.326 e. The van der Waals surface area contributed by atoms with Crippen molar-refractivity contribution in [3.05, 3.63) is 16.0 Å². The quantitative estimate of drug-likeness (QED) is 0.891. The Morgan fingerprint density at radius 1 is 1.62 bits per heavy atom. The van der Waals surface area contributed by atoms with E-state index in [4.69, 9.17) is 17.3 Å². The maximum absolute atomic E-state index is 12.2. The van der Waals surface area contributed by atoms with E-state index in [9.17, 15) is 8.42 Å². The molecule has 90 valence electrons. The smallest absolute Gasteiger partial charge is 0.252 e. The fourth-order valence-corrected chi connectivity index (χ4v) is 5.03. The molecule has 1 fully saturated rings. The summed E-state index contributed by atoms with van der Waals surface area (Å²) in [5.74, 6) is 0. The summed E-state index contributed by atoms with van der Waals surface area (Å²) in [6.45, 7) is 2.70. The number of hydrogen-bond donors (Lipinski definition) is 1. The highest BCUT2D eigenvalue weighted by Gasteiger charge is 2.32. The van der Waals surface area contributed by atoms with Gasteiger partial charge in [0, 0.05) is 19.1 Å². The molecule has 2 rings (SSSR count). The molecule has 7 heteroatoms. The highest BCUT2D eigenvalue weighted by Crippen LogP contribution is 2.32. The van der Waals surface area contributed by atoms with Crippen LogP contribution in [-0.2, 0) is 10.0 Å². The molecule has 2 N–H and O–H groups in total. The summed E-state index contributed by atoms with van der Waals surface area (Å²) in [6.07, 6.45) is 0.720. The van der Waals surface area contributed by atoms with Gasteiger partial charge in [-0.3, -0.25) is 0 Å². The van der Waals surface area contributed by atoms with Crippen LogP contribution in [-0.4, -0.2) is 31.9 Å². The zero-order valence-corrected chi connectivity index (χ0v) is 11.2. The second-order valence-electron chi connectivity index (χ2n) is 3.93. The fraction of sp³-hybridized carbons (Fsp3) is 0.556. The Hall–Kier alpha value is -0.140. The van der Waals surface area contributed by atoms with E-state index in [0.29, 0.717) is 21.6 Å². The Morgan fingerprint density at radius 3 is 2.75 bits per heavy atom. The van der Waals surface area contributed by atoms with Crippen LogP contribution in [0.15, 0.2) is 10.3 Å². The zero-order chi connectivity index (χ0) is 11.9. The van der Waals surface area contributed by atoms with E-state index in [1.54, 1.807) is 13.0 Å². The number of halogens is 1. The van der Waals surface area contributed by atoms with Crippen LogP contribution in [0.3, 0.4) is 0 Å². The Morgan fingerprint density at radius 2 is 2.31 bits per heavy atom. The summed E-state index contributed by atoms with van der Waals surface area (Å²) >= 11 is 6.99. The number of nitrogens with two attached hydrogens (primary N) is 1. The Kier molecular flexibility index (Phi) is 3.29. The summed E-state index contributed by atoms with van der Waals surface area (Å²) in [4.78, 5) is 0. The first-order chi connectivity index (χ1) is 7.41. The monoisotopic (exact) mass is 280 g/mol. The van der Waals surface area contributed by atoms with Gasteiger partial charge in [-0.1, -0.05) is 11.6 Å². The van der Waals surface area contributed by atoms with Crippen molar-refractivity contribution in [2.45, 2.75) is 23.6 Å². The maximum atomic E-state index is 12.2. The van der Waals surface area contributed by atoms with Crippen LogP contribution in [0.5, 0.6) is 0 Å². The van der Waals surface area contributed by atoms with Gasteiger partial charge in [0.25, 0.3) is 10.0 Å². The van der Waals surface area contributed by atoms with Gasteiger partial charge in [0.15, 0.2) is 0 Å². The Balaban J connectivity index is 2.32. The molecule has 0 saturated carbocycles. The molecule has 2 heterocycles. The molecule has 1 aliphatic heterocycles. The molecule has 0 radical (unpaired) electrons. The second-order valence-corrected chi connectivity index (χ2v) is 7.75. The van der Waals surface area contributed by atoms with Gasteiger partial charge in [-0.05, 0) is 25.0 Å². The van der Waals surface area contributed by atoms with Gasteiger partial charge in [-0.25, -0.2) is 8.42 Å². The minimum absolute atomic E-state index is 0.0497. The summed E-state index contributed by atoms with van der Waals surface area (Å²) in [5.41, 5.74) is 6.51. The van der Waals surface area contributed by atoms with E-state index >= 15 is 0 Å². The molecule has 16 heavy (non-hydrogen) atoms. The van der Waals surface area contributed by atoms with Crippen molar-refractivity contribution in [1.29, 1.82) is 0 Å². The third-order valence-corrected chi connectivity index (χ3v) is 6.49. The lowest BCUT2D eigenvalue weighted by Gasteiger charge is -2.13. The van der Waals surface area contributed by atoms with Crippen LogP contribution in [0.2, 0.25) is 4.34 Å². The van der Waals surface area contributed by atoms with Crippen LogP contribution in [0.1, 0.15) is 12.0 Å². The van der Waals surface area contributed by atoms with Gasteiger partial charge in [0.1, 0.15) is 4.21 Å². The van der Waals surface area contributed by atoms with E-state index in [1.165, 1.54) is 4.31 Å². The molecule has 1 aliphatic rings. The Bertz CT molecular complexity index is 478. The number of rotatable bonds is 2. The van der Waals surface area contributed by atoms with E-state index in [2.05, 4.69) is 0 Å². The molecular weight excluding hydrogens is 268 g/mol. The van der Waals surface area contributed by atoms with Crippen molar-refractivity contribution >= 4 is 33.0 Å². The SMILES string of the molecule is Cc1cc(S(=O)(=O)N2CC[C@@H](N)C2)sc1Cl. The molecule has 1 atom stereocenters. The lowest BCUT2D eigenvalue weighted by atomic mass is 10.3. The van der Waals surface area contributed by atoms with Crippen molar-refractivity contribution in [2.75, 3.05) is 13.1 Å². The molecule has 0 bridgehead atoms.